The molecule has 0 unspecified atom stereocenters. The number of hydrogen-bond acceptors (Lipinski definition) is 3. The summed E-state index contributed by atoms with van der Waals surface area (Å²) in [6, 6.07) is 6.91. The van der Waals surface area contributed by atoms with E-state index in [2.05, 4.69) is 0 Å². The van der Waals surface area contributed by atoms with E-state index in [1.807, 2.05) is 13.8 Å². The molecule has 1 amide bonds. The molecule has 0 heterocycles. The fourth-order valence-corrected chi connectivity index (χ4v) is 1.31. The topological polar surface area (TPSA) is 49.8 Å². The Hall–Kier alpha value is -1.55. The van der Waals surface area contributed by atoms with E-state index < -0.39 is 5.54 Å². The Morgan fingerprint density at radius 1 is 1.35 bits per heavy atom. The fourth-order valence-electron chi connectivity index (χ4n) is 1.31. The van der Waals surface area contributed by atoms with Gasteiger partial charge in [-0.1, -0.05) is 0 Å². The fraction of sp³-hybridized carbons (Fsp3) is 0.462. The molecule has 1 rings (SSSR count). The summed E-state index contributed by atoms with van der Waals surface area (Å²) in [5.41, 5.74) is 0.00613. The van der Waals surface area contributed by atoms with Gasteiger partial charge in [-0.2, -0.15) is 0 Å². The number of aliphatic hydroxyl groups is 1. The van der Waals surface area contributed by atoms with Gasteiger partial charge in [0.15, 0.2) is 0 Å². The summed E-state index contributed by atoms with van der Waals surface area (Å²) in [6.45, 7) is 3.55. The zero-order valence-corrected chi connectivity index (χ0v) is 10.7. The molecule has 4 heteroatoms. The van der Waals surface area contributed by atoms with Crippen LogP contribution in [0.25, 0.3) is 0 Å². The number of ether oxygens (including phenoxy) is 1. The normalized spacial score (nSPS) is 11.1. The highest BCUT2D eigenvalue weighted by Gasteiger charge is 2.27. The van der Waals surface area contributed by atoms with Crippen LogP contribution in [0.4, 0.5) is 0 Å². The number of carbonyl (C=O) groups excluding carboxylic acids is 1. The molecule has 17 heavy (non-hydrogen) atoms. The molecule has 0 aliphatic carbocycles. The lowest BCUT2D eigenvalue weighted by Crippen LogP contribution is -2.47. The van der Waals surface area contributed by atoms with Gasteiger partial charge in [0.1, 0.15) is 5.75 Å². The van der Waals surface area contributed by atoms with Crippen LogP contribution in [0, 0.1) is 0 Å². The van der Waals surface area contributed by atoms with Crippen molar-refractivity contribution in [2.24, 2.45) is 0 Å². The third-order valence-corrected chi connectivity index (χ3v) is 2.94. The molecule has 0 spiro atoms. The van der Waals surface area contributed by atoms with Crippen molar-refractivity contribution in [1.82, 2.24) is 4.90 Å². The van der Waals surface area contributed by atoms with Crippen molar-refractivity contribution in [3.63, 3.8) is 0 Å². The van der Waals surface area contributed by atoms with Crippen LogP contribution >= 0.6 is 0 Å². The van der Waals surface area contributed by atoms with Gasteiger partial charge in [0.25, 0.3) is 5.91 Å². The van der Waals surface area contributed by atoms with Crippen LogP contribution < -0.4 is 4.74 Å². The largest absolute Gasteiger partial charge is 0.497 e. The van der Waals surface area contributed by atoms with Crippen LogP contribution in [0.5, 0.6) is 5.75 Å². The first-order chi connectivity index (χ1) is 7.92. The summed E-state index contributed by atoms with van der Waals surface area (Å²) in [6.07, 6.45) is 0. The first kappa shape index (κ1) is 13.5. The predicted octanol–water partition coefficient (Wildman–Crippen LogP) is 1.54. The van der Waals surface area contributed by atoms with Crippen LogP contribution in [0.3, 0.4) is 0 Å². The molecule has 0 saturated heterocycles. The van der Waals surface area contributed by atoms with Crippen molar-refractivity contribution in [1.29, 1.82) is 0 Å². The Labute approximate surface area is 102 Å². The van der Waals surface area contributed by atoms with Crippen LogP contribution in [0.2, 0.25) is 0 Å². The van der Waals surface area contributed by atoms with Crippen LogP contribution in [-0.4, -0.2) is 42.2 Å². The van der Waals surface area contributed by atoms with Gasteiger partial charge in [0, 0.05) is 12.6 Å². The van der Waals surface area contributed by atoms with Gasteiger partial charge in [-0.15, -0.1) is 0 Å². The molecule has 1 N–H and O–H groups in total. The summed E-state index contributed by atoms with van der Waals surface area (Å²) in [5, 5.41) is 9.23. The molecule has 0 aromatic heterocycles. The third kappa shape index (κ3) is 2.97. The lowest BCUT2D eigenvalue weighted by Gasteiger charge is -2.34. The van der Waals surface area contributed by atoms with Gasteiger partial charge in [0.05, 0.1) is 19.3 Å². The Balaban J connectivity index is 2.89. The van der Waals surface area contributed by atoms with E-state index in [0.717, 1.165) is 0 Å². The molecule has 4 nitrogen and oxygen atoms in total. The van der Waals surface area contributed by atoms with Gasteiger partial charge in [0.2, 0.25) is 0 Å². The zero-order valence-electron chi connectivity index (χ0n) is 10.7. The maximum atomic E-state index is 12.1. The molecule has 0 aliphatic heterocycles. The minimum atomic E-state index is -0.572. The molecule has 1 aromatic carbocycles. The van der Waals surface area contributed by atoms with E-state index in [9.17, 15) is 9.90 Å². The first-order valence-electron chi connectivity index (χ1n) is 5.45. The van der Waals surface area contributed by atoms with Gasteiger partial charge >= 0.3 is 0 Å². The van der Waals surface area contributed by atoms with Crippen LogP contribution in [-0.2, 0) is 0 Å². The molecule has 0 aliphatic rings. The molecule has 0 radical (unpaired) electrons. The number of nitrogens with zero attached hydrogens (tertiary/aromatic N) is 1. The number of carbonyl (C=O) groups is 1. The van der Waals surface area contributed by atoms with Crippen molar-refractivity contribution in [3.8, 4) is 5.75 Å². The monoisotopic (exact) mass is 237 g/mol. The van der Waals surface area contributed by atoms with Gasteiger partial charge in [-0.25, -0.2) is 0 Å². The molecule has 0 saturated carbocycles. The second-order valence-electron chi connectivity index (χ2n) is 4.56. The zero-order chi connectivity index (χ0) is 13.1. The average molecular weight is 237 g/mol. The molecule has 1 aromatic rings. The highest BCUT2D eigenvalue weighted by Crippen LogP contribution is 2.17. The van der Waals surface area contributed by atoms with Crippen molar-refractivity contribution < 1.29 is 14.6 Å². The second-order valence-corrected chi connectivity index (χ2v) is 4.56. The number of hydrogen-bond donors (Lipinski definition) is 1. The summed E-state index contributed by atoms with van der Waals surface area (Å²) < 4.78 is 5.03. The number of likely N-dealkylation sites (N-methyl/N-ethyl adjacent to an activating group) is 1. The Morgan fingerprint density at radius 2 is 1.88 bits per heavy atom. The Morgan fingerprint density at radius 3 is 2.29 bits per heavy atom. The lowest BCUT2D eigenvalue weighted by atomic mass is 10.0. The van der Waals surface area contributed by atoms with Crippen molar-refractivity contribution in [2.45, 2.75) is 19.4 Å². The number of benzene rings is 1. The summed E-state index contributed by atoms with van der Waals surface area (Å²) >= 11 is 0. The molecule has 0 atom stereocenters. The van der Waals surface area contributed by atoms with E-state index in [-0.39, 0.29) is 12.5 Å². The standard InChI is InChI=1S/C13H19NO3/c1-13(2,9-15)14(3)12(16)10-5-7-11(17-4)8-6-10/h5-8,15H,9H2,1-4H3. The van der Waals surface area contributed by atoms with Crippen molar-refractivity contribution in [3.05, 3.63) is 29.8 Å². The number of amides is 1. The maximum Gasteiger partial charge on any atom is 0.254 e. The van der Waals surface area contributed by atoms with Crippen LogP contribution in [0.15, 0.2) is 24.3 Å². The molecule has 0 fully saturated rings. The number of methoxy groups -OCH3 is 1. The van der Waals surface area contributed by atoms with E-state index in [1.165, 1.54) is 4.90 Å². The van der Waals surface area contributed by atoms with E-state index >= 15 is 0 Å². The lowest BCUT2D eigenvalue weighted by molar-refractivity contribution is 0.0473. The van der Waals surface area contributed by atoms with Crippen molar-refractivity contribution in [2.75, 3.05) is 20.8 Å². The third-order valence-electron chi connectivity index (χ3n) is 2.94. The minimum Gasteiger partial charge on any atom is -0.497 e. The summed E-state index contributed by atoms with van der Waals surface area (Å²) in [7, 11) is 3.26. The molecule has 0 bridgehead atoms. The summed E-state index contributed by atoms with van der Waals surface area (Å²) in [5.74, 6) is 0.595. The Bertz CT molecular complexity index is 384. The maximum absolute atomic E-state index is 12.1. The van der Waals surface area contributed by atoms with Crippen LogP contribution in [0.1, 0.15) is 24.2 Å². The quantitative estimate of drug-likeness (QED) is 0.864. The van der Waals surface area contributed by atoms with E-state index in [0.29, 0.717) is 11.3 Å². The summed E-state index contributed by atoms with van der Waals surface area (Å²) in [4.78, 5) is 13.7. The number of aliphatic hydroxyl groups excluding tert-OH is 1. The highest BCUT2D eigenvalue weighted by atomic mass is 16.5. The van der Waals surface area contributed by atoms with Gasteiger partial charge in [-0.05, 0) is 38.1 Å². The van der Waals surface area contributed by atoms with Crippen molar-refractivity contribution >= 4 is 5.91 Å². The first-order valence-corrected chi connectivity index (χ1v) is 5.45. The SMILES string of the molecule is COc1ccc(C(=O)N(C)C(C)(C)CO)cc1. The smallest absolute Gasteiger partial charge is 0.254 e. The number of rotatable bonds is 4. The molecular formula is C13H19NO3. The van der Waals surface area contributed by atoms with Gasteiger partial charge in [-0.3, -0.25) is 4.79 Å². The van der Waals surface area contributed by atoms with E-state index in [1.54, 1.807) is 38.4 Å². The average Bonchev–Trinajstić information content (AvgIpc) is 2.37. The minimum absolute atomic E-state index is 0.0780. The van der Waals surface area contributed by atoms with E-state index in [4.69, 9.17) is 4.74 Å². The second kappa shape index (κ2) is 5.19. The molecule has 94 valence electrons. The van der Waals surface area contributed by atoms with Gasteiger partial charge < -0.3 is 14.7 Å². The predicted molar refractivity (Wildman–Crippen MR) is 66.3 cm³/mol. The molecular weight excluding hydrogens is 218 g/mol. The Kier molecular flexibility index (Phi) is 4.12. The highest BCUT2D eigenvalue weighted by molar-refractivity contribution is 5.94.